The molecule has 5 heteroatoms. The van der Waals surface area contributed by atoms with Gasteiger partial charge in [0, 0.05) is 36.4 Å². The van der Waals surface area contributed by atoms with Crippen molar-refractivity contribution >= 4 is 28.4 Å². The summed E-state index contributed by atoms with van der Waals surface area (Å²) in [5.41, 5.74) is 2.84. The van der Waals surface area contributed by atoms with Crippen LogP contribution in [0.25, 0.3) is 10.9 Å². The van der Waals surface area contributed by atoms with Crippen molar-refractivity contribution in [3.05, 3.63) is 48.3 Å². The molecule has 3 aromatic rings. The van der Waals surface area contributed by atoms with Gasteiger partial charge in [0.2, 0.25) is 5.95 Å². The van der Waals surface area contributed by atoms with Crippen LogP contribution in [0.1, 0.15) is 25.0 Å². The van der Waals surface area contributed by atoms with Crippen molar-refractivity contribution in [1.29, 1.82) is 0 Å². The Hall–Kier alpha value is -2.69. The van der Waals surface area contributed by atoms with E-state index in [1.165, 1.54) is 19.3 Å². The predicted octanol–water partition coefficient (Wildman–Crippen LogP) is 4.07. The van der Waals surface area contributed by atoms with Gasteiger partial charge in [-0.3, -0.25) is 4.98 Å². The van der Waals surface area contributed by atoms with Gasteiger partial charge in [0.15, 0.2) is 0 Å². The fraction of sp³-hybridized carbons (Fsp3) is 0.316. The number of aryl methyl sites for hydroxylation is 1. The van der Waals surface area contributed by atoms with Gasteiger partial charge in [-0.25, -0.2) is 4.98 Å². The SMILES string of the molecule is Cc1cc(N2CCCCC2)nc(Nc2cccc3cccnc23)n1. The highest BCUT2D eigenvalue weighted by molar-refractivity contribution is 5.91. The Morgan fingerprint density at radius 1 is 1.00 bits per heavy atom. The predicted molar refractivity (Wildman–Crippen MR) is 97.9 cm³/mol. The Labute approximate surface area is 141 Å². The standard InChI is InChI=1S/C19H21N5/c1-14-13-17(24-11-3-2-4-12-24)23-19(21-14)22-16-9-5-7-15-8-6-10-20-18(15)16/h5-10,13H,2-4,11-12H2,1H3,(H,21,22,23). The molecule has 1 N–H and O–H groups in total. The number of anilines is 3. The zero-order valence-corrected chi connectivity index (χ0v) is 13.9. The van der Waals surface area contributed by atoms with E-state index in [1.807, 2.05) is 31.3 Å². The van der Waals surface area contributed by atoms with Crippen LogP contribution in [0.4, 0.5) is 17.5 Å². The van der Waals surface area contributed by atoms with E-state index in [-0.39, 0.29) is 0 Å². The molecule has 0 saturated carbocycles. The lowest BCUT2D eigenvalue weighted by molar-refractivity contribution is 0.573. The van der Waals surface area contributed by atoms with E-state index in [9.17, 15) is 0 Å². The third kappa shape index (κ3) is 3.02. The number of rotatable bonds is 3. The van der Waals surface area contributed by atoms with Crippen molar-refractivity contribution < 1.29 is 0 Å². The van der Waals surface area contributed by atoms with Crippen LogP contribution in [0.2, 0.25) is 0 Å². The Balaban J connectivity index is 1.67. The maximum absolute atomic E-state index is 4.74. The van der Waals surface area contributed by atoms with Gasteiger partial charge >= 0.3 is 0 Å². The summed E-state index contributed by atoms with van der Waals surface area (Å²) in [7, 11) is 0. The Bertz CT molecular complexity index is 850. The fourth-order valence-electron chi connectivity index (χ4n) is 3.22. The van der Waals surface area contributed by atoms with Crippen molar-refractivity contribution in [2.75, 3.05) is 23.3 Å². The van der Waals surface area contributed by atoms with Gasteiger partial charge in [-0.05, 0) is 38.3 Å². The Morgan fingerprint density at radius 3 is 2.71 bits per heavy atom. The third-order valence-electron chi connectivity index (χ3n) is 4.40. The number of hydrogen-bond donors (Lipinski definition) is 1. The lowest BCUT2D eigenvalue weighted by atomic mass is 10.1. The molecule has 1 fully saturated rings. The molecule has 3 heterocycles. The van der Waals surface area contributed by atoms with E-state index < -0.39 is 0 Å². The van der Waals surface area contributed by atoms with Crippen molar-refractivity contribution in [2.24, 2.45) is 0 Å². The van der Waals surface area contributed by atoms with Gasteiger partial charge in [-0.2, -0.15) is 4.98 Å². The monoisotopic (exact) mass is 319 g/mol. The summed E-state index contributed by atoms with van der Waals surface area (Å²) in [5.74, 6) is 1.65. The van der Waals surface area contributed by atoms with Gasteiger partial charge in [-0.1, -0.05) is 18.2 Å². The summed E-state index contributed by atoms with van der Waals surface area (Å²) in [6.45, 7) is 4.17. The topological polar surface area (TPSA) is 53.9 Å². The van der Waals surface area contributed by atoms with Crippen molar-refractivity contribution in [2.45, 2.75) is 26.2 Å². The molecule has 0 bridgehead atoms. The zero-order valence-electron chi connectivity index (χ0n) is 13.9. The summed E-state index contributed by atoms with van der Waals surface area (Å²) in [6.07, 6.45) is 5.59. The minimum Gasteiger partial charge on any atom is -0.356 e. The highest BCUT2D eigenvalue weighted by atomic mass is 15.2. The lowest BCUT2D eigenvalue weighted by Gasteiger charge is -2.28. The third-order valence-corrected chi connectivity index (χ3v) is 4.40. The van der Waals surface area contributed by atoms with Crippen molar-refractivity contribution in [3.63, 3.8) is 0 Å². The van der Waals surface area contributed by atoms with Crippen LogP contribution in [0.15, 0.2) is 42.6 Å². The van der Waals surface area contributed by atoms with Gasteiger partial charge in [0.05, 0.1) is 11.2 Å². The summed E-state index contributed by atoms with van der Waals surface area (Å²) < 4.78 is 0. The summed E-state index contributed by atoms with van der Waals surface area (Å²) in [6, 6.07) is 12.2. The first-order valence-corrected chi connectivity index (χ1v) is 8.51. The average molecular weight is 319 g/mol. The normalized spacial score (nSPS) is 14.8. The molecule has 1 aromatic carbocycles. The zero-order chi connectivity index (χ0) is 16.4. The molecule has 1 saturated heterocycles. The summed E-state index contributed by atoms with van der Waals surface area (Å²) >= 11 is 0. The van der Waals surface area contributed by atoms with Crippen LogP contribution < -0.4 is 10.2 Å². The van der Waals surface area contributed by atoms with Gasteiger partial charge < -0.3 is 10.2 Å². The van der Waals surface area contributed by atoms with E-state index in [0.29, 0.717) is 5.95 Å². The molecule has 2 aromatic heterocycles. The number of fused-ring (bicyclic) bond motifs is 1. The molecule has 24 heavy (non-hydrogen) atoms. The van der Waals surface area contributed by atoms with Crippen LogP contribution in [0, 0.1) is 6.92 Å². The first-order valence-electron chi connectivity index (χ1n) is 8.51. The van der Waals surface area contributed by atoms with E-state index in [4.69, 9.17) is 4.98 Å². The van der Waals surface area contributed by atoms with Crippen LogP contribution >= 0.6 is 0 Å². The second kappa shape index (κ2) is 6.43. The Kier molecular flexibility index (Phi) is 3.99. The molecule has 4 rings (SSSR count). The van der Waals surface area contributed by atoms with E-state index in [2.05, 4.69) is 38.4 Å². The van der Waals surface area contributed by atoms with Crippen molar-refractivity contribution in [3.8, 4) is 0 Å². The highest BCUT2D eigenvalue weighted by Gasteiger charge is 2.14. The smallest absolute Gasteiger partial charge is 0.229 e. The minimum absolute atomic E-state index is 0.633. The molecule has 0 unspecified atom stereocenters. The molecule has 0 atom stereocenters. The van der Waals surface area contributed by atoms with E-state index in [1.54, 1.807) is 0 Å². The van der Waals surface area contributed by atoms with Gasteiger partial charge in [0.1, 0.15) is 5.82 Å². The summed E-state index contributed by atoms with van der Waals surface area (Å²) in [4.78, 5) is 16.1. The van der Waals surface area contributed by atoms with Crippen molar-refractivity contribution in [1.82, 2.24) is 15.0 Å². The number of hydrogen-bond acceptors (Lipinski definition) is 5. The molecule has 5 nitrogen and oxygen atoms in total. The molecule has 0 spiro atoms. The van der Waals surface area contributed by atoms with Crippen LogP contribution in [-0.4, -0.2) is 28.0 Å². The second-order valence-electron chi connectivity index (χ2n) is 6.24. The van der Waals surface area contributed by atoms with Gasteiger partial charge in [-0.15, -0.1) is 0 Å². The minimum atomic E-state index is 0.633. The largest absolute Gasteiger partial charge is 0.356 e. The summed E-state index contributed by atoms with van der Waals surface area (Å²) in [5, 5.41) is 4.46. The lowest BCUT2D eigenvalue weighted by Crippen LogP contribution is -2.30. The first-order chi connectivity index (χ1) is 11.8. The maximum Gasteiger partial charge on any atom is 0.229 e. The first kappa shape index (κ1) is 14.9. The Morgan fingerprint density at radius 2 is 1.83 bits per heavy atom. The average Bonchev–Trinajstić information content (AvgIpc) is 2.62. The molecule has 1 aliphatic rings. The molecular formula is C19H21N5. The quantitative estimate of drug-likeness (QED) is 0.789. The maximum atomic E-state index is 4.74. The number of para-hydroxylation sites is 1. The number of benzene rings is 1. The number of piperidine rings is 1. The molecular weight excluding hydrogens is 298 g/mol. The van der Waals surface area contributed by atoms with Crippen LogP contribution in [0.3, 0.4) is 0 Å². The van der Waals surface area contributed by atoms with E-state index in [0.717, 1.165) is 41.2 Å². The van der Waals surface area contributed by atoms with E-state index >= 15 is 0 Å². The second-order valence-corrected chi connectivity index (χ2v) is 6.24. The molecule has 1 aliphatic heterocycles. The molecule has 0 aliphatic carbocycles. The van der Waals surface area contributed by atoms with Crippen LogP contribution in [0.5, 0.6) is 0 Å². The molecule has 0 radical (unpaired) electrons. The molecule has 122 valence electrons. The number of nitrogens with one attached hydrogen (secondary N) is 1. The number of aromatic nitrogens is 3. The molecule has 0 amide bonds. The number of nitrogens with zero attached hydrogens (tertiary/aromatic N) is 4. The fourth-order valence-corrected chi connectivity index (χ4v) is 3.22. The van der Waals surface area contributed by atoms with Gasteiger partial charge in [0.25, 0.3) is 0 Å². The number of pyridine rings is 1. The van der Waals surface area contributed by atoms with Crippen LogP contribution in [-0.2, 0) is 0 Å². The highest BCUT2D eigenvalue weighted by Crippen LogP contribution is 2.25.